The van der Waals surface area contributed by atoms with Crippen LogP contribution in [0.25, 0.3) is 4.85 Å². The van der Waals surface area contributed by atoms with Crippen LogP contribution < -0.4 is 0 Å². The van der Waals surface area contributed by atoms with Crippen LogP contribution in [0.1, 0.15) is 51.4 Å². The van der Waals surface area contributed by atoms with E-state index < -0.39 is 0 Å². The van der Waals surface area contributed by atoms with E-state index in [0.29, 0.717) is 5.70 Å². The lowest BCUT2D eigenvalue weighted by atomic mass is 9.93. The summed E-state index contributed by atoms with van der Waals surface area (Å²) in [4.78, 5) is 17.7. The fourth-order valence-electron chi connectivity index (χ4n) is 2.74. The van der Waals surface area contributed by atoms with Gasteiger partial charge in [-0.15, -0.1) is 0 Å². The van der Waals surface area contributed by atoms with Gasteiger partial charge in [-0.3, -0.25) is 4.79 Å². The zero-order valence-electron chi connectivity index (χ0n) is 10.4. The van der Waals surface area contributed by atoms with Crippen molar-refractivity contribution >= 4 is 5.91 Å². The molecule has 0 radical (unpaired) electrons. The van der Waals surface area contributed by atoms with Gasteiger partial charge in [0, 0.05) is 13.1 Å². The minimum atomic E-state index is -0.00315. The maximum atomic E-state index is 12.3. The Bertz CT molecular complexity index is 351. The fourth-order valence-corrected chi connectivity index (χ4v) is 2.74. The van der Waals surface area contributed by atoms with E-state index in [1.54, 1.807) is 0 Å². The van der Waals surface area contributed by atoms with Crippen molar-refractivity contribution in [3.8, 4) is 0 Å². The Labute approximate surface area is 103 Å². The van der Waals surface area contributed by atoms with Gasteiger partial charge >= 0.3 is 0 Å². The normalized spacial score (nSPS) is 20.9. The standard InChI is InChI=1S/C14H20N2O/c1-15-13(12-8-4-2-5-9-12)14(17)16-10-6-3-7-11-16/h2-11H2. The molecule has 1 saturated carbocycles. The van der Waals surface area contributed by atoms with Crippen molar-refractivity contribution in [1.82, 2.24) is 4.90 Å². The maximum absolute atomic E-state index is 12.3. The maximum Gasteiger partial charge on any atom is 0.252 e. The van der Waals surface area contributed by atoms with Gasteiger partial charge in [-0.1, -0.05) is 24.8 Å². The molecule has 1 saturated heterocycles. The summed E-state index contributed by atoms with van der Waals surface area (Å²) in [7, 11) is 0. The van der Waals surface area contributed by atoms with Gasteiger partial charge in [0.1, 0.15) is 0 Å². The molecule has 0 bridgehead atoms. The molecule has 3 nitrogen and oxygen atoms in total. The van der Waals surface area contributed by atoms with Crippen LogP contribution in [0.3, 0.4) is 0 Å². The molecule has 3 heteroatoms. The molecule has 0 unspecified atom stereocenters. The Hall–Kier alpha value is -1.30. The number of nitrogens with zero attached hydrogens (tertiary/aromatic N) is 2. The van der Waals surface area contributed by atoms with Crippen molar-refractivity contribution in [3.05, 3.63) is 22.7 Å². The summed E-state index contributed by atoms with van der Waals surface area (Å²) < 4.78 is 0. The van der Waals surface area contributed by atoms with Gasteiger partial charge in [-0.25, -0.2) is 4.85 Å². The molecule has 92 valence electrons. The summed E-state index contributed by atoms with van der Waals surface area (Å²) >= 11 is 0. The zero-order chi connectivity index (χ0) is 12.1. The molecule has 2 fully saturated rings. The highest BCUT2D eigenvalue weighted by Gasteiger charge is 2.24. The van der Waals surface area contributed by atoms with Gasteiger partial charge < -0.3 is 4.90 Å². The Balaban J connectivity index is 2.11. The quantitative estimate of drug-likeness (QED) is 0.503. The third-order valence-electron chi connectivity index (χ3n) is 3.75. The van der Waals surface area contributed by atoms with E-state index in [2.05, 4.69) is 4.85 Å². The first-order valence-corrected chi connectivity index (χ1v) is 6.71. The van der Waals surface area contributed by atoms with E-state index >= 15 is 0 Å². The molecule has 0 aromatic carbocycles. The second-order valence-corrected chi connectivity index (χ2v) is 4.98. The first kappa shape index (κ1) is 12.2. The average molecular weight is 232 g/mol. The van der Waals surface area contributed by atoms with Crippen molar-refractivity contribution in [2.24, 2.45) is 0 Å². The predicted molar refractivity (Wildman–Crippen MR) is 67.1 cm³/mol. The van der Waals surface area contributed by atoms with Gasteiger partial charge in [-0.2, -0.15) is 0 Å². The summed E-state index contributed by atoms with van der Waals surface area (Å²) in [6.45, 7) is 8.94. The van der Waals surface area contributed by atoms with Crippen molar-refractivity contribution in [2.45, 2.75) is 51.4 Å². The predicted octanol–water partition coefficient (Wildman–Crippen LogP) is 3.14. The smallest absolute Gasteiger partial charge is 0.252 e. The van der Waals surface area contributed by atoms with Gasteiger partial charge in [0.25, 0.3) is 5.91 Å². The number of piperidine rings is 1. The first-order valence-electron chi connectivity index (χ1n) is 6.71. The Morgan fingerprint density at radius 1 is 1.00 bits per heavy atom. The highest BCUT2D eigenvalue weighted by Crippen LogP contribution is 2.27. The van der Waals surface area contributed by atoms with Crippen molar-refractivity contribution in [2.75, 3.05) is 13.1 Å². The molecule has 1 aliphatic carbocycles. The van der Waals surface area contributed by atoms with Crippen LogP contribution in [-0.4, -0.2) is 23.9 Å². The van der Waals surface area contributed by atoms with E-state index in [-0.39, 0.29) is 5.91 Å². The molecule has 2 aliphatic rings. The summed E-state index contributed by atoms with van der Waals surface area (Å²) in [5.74, 6) is -0.00315. The SMILES string of the molecule is [C-]#[N+]C(C(=O)N1CCCCC1)=C1CCCCC1. The molecule has 2 rings (SSSR count). The molecule has 0 aromatic rings. The van der Waals surface area contributed by atoms with Crippen molar-refractivity contribution < 1.29 is 4.79 Å². The molecule has 1 amide bonds. The molecular formula is C14H20N2O. The first-order chi connectivity index (χ1) is 8.33. The lowest BCUT2D eigenvalue weighted by Crippen LogP contribution is -2.36. The van der Waals surface area contributed by atoms with Crippen LogP contribution in [0, 0.1) is 6.57 Å². The summed E-state index contributed by atoms with van der Waals surface area (Å²) in [5, 5.41) is 0. The summed E-state index contributed by atoms with van der Waals surface area (Å²) in [6, 6.07) is 0. The Morgan fingerprint density at radius 3 is 2.18 bits per heavy atom. The lowest BCUT2D eigenvalue weighted by molar-refractivity contribution is -0.127. The summed E-state index contributed by atoms with van der Waals surface area (Å²) in [6.07, 6.45) is 8.83. The highest BCUT2D eigenvalue weighted by atomic mass is 16.2. The molecule has 0 atom stereocenters. The molecular weight excluding hydrogens is 212 g/mol. The number of hydrogen-bond donors (Lipinski definition) is 0. The molecule has 0 aromatic heterocycles. The Kier molecular flexibility index (Phi) is 4.19. The second kappa shape index (κ2) is 5.86. The van der Waals surface area contributed by atoms with Gasteiger partial charge in [0.2, 0.25) is 5.70 Å². The average Bonchev–Trinajstić information content (AvgIpc) is 2.42. The number of carbonyl (C=O) groups is 1. The van der Waals surface area contributed by atoms with Crippen LogP contribution in [0.5, 0.6) is 0 Å². The van der Waals surface area contributed by atoms with E-state index in [1.165, 1.54) is 12.8 Å². The lowest BCUT2D eigenvalue weighted by Gasteiger charge is -2.27. The zero-order valence-corrected chi connectivity index (χ0v) is 10.4. The van der Waals surface area contributed by atoms with Crippen LogP contribution in [-0.2, 0) is 4.79 Å². The monoisotopic (exact) mass is 232 g/mol. The van der Waals surface area contributed by atoms with Gasteiger partial charge in [-0.05, 0) is 32.1 Å². The van der Waals surface area contributed by atoms with E-state index in [9.17, 15) is 4.79 Å². The molecule has 0 spiro atoms. The number of hydrogen-bond acceptors (Lipinski definition) is 1. The number of allylic oxidation sites excluding steroid dienone is 1. The molecule has 1 aliphatic heterocycles. The number of likely N-dealkylation sites (tertiary alicyclic amines) is 1. The van der Waals surface area contributed by atoms with Crippen LogP contribution in [0.4, 0.5) is 0 Å². The van der Waals surface area contributed by atoms with E-state index in [4.69, 9.17) is 6.57 Å². The number of rotatable bonds is 1. The largest absolute Gasteiger partial charge is 0.348 e. The third-order valence-corrected chi connectivity index (χ3v) is 3.75. The van der Waals surface area contributed by atoms with Crippen LogP contribution in [0.15, 0.2) is 11.3 Å². The summed E-state index contributed by atoms with van der Waals surface area (Å²) in [5.41, 5.74) is 1.55. The number of amides is 1. The van der Waals surface area contributed by atoms with E-state index in [1.807, 2.05) is 4.90 Å². The third kappa shape index (κ3) is 2.88. The minimum Gasteiger partial charge on any atom is -0.348 e. The van der Waals surface area contributed by atoms with Crippen molar-refractivity contribution in [1.29, 1.82) is 0 Å². The Morgan fingerprint density at radius 2 is 1.59 bits per heavy atom. The van der Waals surface area contributed by atoms with Gasteiger partial charge in [0.15, 0.2) is 0 Å². The minimum absolute atomic E-state index is 0.00315. The second-order valence-electron chi connectivity index (χ2n) is 4.98. The van der Waals surface area contributed by atoms with E-state index in [0.717, 1.165) is 57.2 Å². The van der Waals surface area contributed by atoms with Crippen LogP contribution >= 0.6 is 0 Å². The molecule has 0 N–H and O–H groups in total. The fraction of sp³-hybridized carbons (Fsp3) is 0.714. The van der Waals surface area contributed by atoms with Gasteiger partial charge in [0.05, 0.1) is 6.57 Å². The molecule has 17 heavy (non-hydrogen) atoms. The molecule has 1 heterocycles. The topological polar surface area (TPSA) is 24.7 Å². The number of carbonyl (C=O) groups excluding carboxylic acids is 1. The van der Waals surface area contributed by atoms with Crippen LogP contribution in [0.2, 0.25) is 0 Å². The highest BCUT2D eigenvalue weighted by molar-refractivity contribution is 5.96. The van der Waals surface area contributed by atoms with Crippen molar-refractivity contribution in [3.63, 3.8) is 0 Å².